The highest BCUT2D eigenvalue weighted by atomic mass is 127. The van der Waals surface area contributed by atoms with Crippen LogP contribution in [0.2, 0.25) is 0 Å². The molecule has 0 bridgehead atoms. The van der Waals surface area contributed by atoms with Gasteiger partial charge in [0.2, 0.25) is 0 Å². The largest absolute Gasteiger partial charge is 0.379 e. The number of benzene rings is 1. The molecule has 0 amide bonds. The first-order valence-corrected chi connectivity index (χ1v) is 10.1. The van der Waals surface area contributed by atoms with Crippen molar-refractivity contribution in [1.29, 1.82) is 0 Å². The van der Waals surface area contributed by atoms with E-state index >= 15 is 0 Å². The molecule has 146 valence electrons. The van der Waals surface area contributed by atoms with E-state index in [9.17, 15) is 0 Å². The lowest BCUT2D eigenvalue weighted by atomic mass is 10.1. The Labute approximate surface area is 182 Å². The smallest absolute Gasteiger partial charge is 0.191 e. The van der Waals surface area contributed by atoms with Crippen molar-refractivity contribution in [2.75, 3.05) is 39.4 Å². The van der Waals surface area contributed by atoms with Crippen molar-refractivity contribution in [2.45, 2.75) is 38.3 Å². The highest BCUT2D eigenvalue weighted by Crippen LogP contribution is 2.40. The van der Waals surface area contributed by atoms with Crippen LogP contribution in [0, 0.1) is 0 Å². The molecule has 2 N–H and O–H groups in total. The summed E-state index contributed by atoms with van der Waals surface area (Å²) in [6, 6.07) is 9.59. The maximum absolute atomic E-state index is 5.43. The highest BCUT2D eigenvalue weighted by molar-refractivity contribution is 14.0. The quantitative estimate of drug-likeness (QED) is 0.333. The minimum Gasteiger partial charge on any atom is -0.379 e. The van der Waals surface area contributed by atoms with Crippen LogP contribution in [0.1, 0.15) is 31.7 Å². The Hall–Kier alpha value is -0.380. The zero-order valence-corrected chi connectivity index (χ0v) is 19.5. The lowest BCUT2D eigenvalue weighted by Crippen LogP contribution is -2.44. The predicted octanol–water partition coefficient (Wildman–Crippen LogP) is 3.20. The molecule has 1 aromatic rings. The van der Waals surface area contributed by atoms with E-state index in [0.717, 1.165) is 49.8 Å². The van der Waals surface area contributed by atoms with Gasteiger partial charge in [-0.3, -0.25) is 9.89 Å². The topological polar surface area (TPSA) is 48.9 Å². The molecule has 3 atom stereocenters. The lowest BCUT2D eigenvalue weighted by Gasteiger charge is -2.31. The molecule has 1 saturated heterocycles. The van der Waals surface area contributed by atoms with Gasteiger partial charge in [-0.15, -0.1) is 24.0 Å². The number of hydrogen-bond acceptors (Lipinski definition) is 3. The van der Waals surface area contributed by atoms with E-state index in [1.807, 2.05) is 0 Å². The van der Waals surface area contributed by atoms with Crippen molar-refractivity contribution in [3.63, 3.8) is 0 Å². The van der Waals surface area contributed by atoms with E-state index in [2.05, 4.69) is 69.6 Å². The third kappa shape index (κ3) is 6.35. The Morgan fingerprint density at radius 1 is 1.31 bits per heavy atom. The summed E-state index contributed by atoms with van der Waals surface area (Å²) in [5.74, 6) is 1.53. The van der Waals surface area contributed by atoms with Gasteiger partial charge < -0.3 is 15.4 Å². The summed E-state index contributed by atoms with van der Waals surface area (Å²) in [7, 11) is 0. The first-order valence-electron chi connectivity index (χ1n) is 9.29. The van der Waals surface area contributed by atoms with E-state index < -0.39 is 0 Å². The van der Waals surface area contributed by atoms with Crippen molar-refractivity contribution in [3.8, 4) is 0 Å². The number of halogens is 2. The number of ether oxygens (including phenoxy) is 1. The van der Waals surface area contributed by atoms with Crippen molar-refractivity contribution in [2.24, 2.45) is 4.99 Å². The molecule has 26 heavy (non-hydrogen) atoms. The molecule has 0 spiro atoms. The normalized spacial score (nSPS) is 24.5. The van der Waals surface area contributed by atoms with Crippen molar-refractivity contribution in [1.82, 2.24) is 15.5 Å². The molecule has 0 radical (unpaired) electrons. The van der Waals surface area contributed by atoms with E-state index in [0.29, 0.717) is 18.0 Å². The molecule has 3 unspecified atom stereocenters. The van der Waals surface area contributed by atoms with Crippen LogP contribution in [0.3, 0.4) is 0 Å². The van der Waals surface area contributed by atoms with Gasteiger partial charge in [0, 0.05) is 42.1 Å². The minimum atomic E-state index is 0. The van der Waals surface area contributed by atoms with Crippen LogP contribution in [0.5, 0.6) is 0 Å². The van der Waals surface area contributed by atoms with Crippen molar-refractivity contribution in [3.05, 3.63) is 34.3 Å². The summed E-state index contributed by atoms with van der Waals surface area (Å²) in [5, 5.41) is 6.98. The van der Waals surface area contributed by atoms with Gasteiger partial charge in [0.1, 0.15) is 0 Å². The molecule has 2 aliphatic rings. The summed E-state index contributed by atoms with van der Waals surface area (Å²) in [4.78, 5) is 7.27. The van der Waals surface area contributed by atoms with Gasteiger partial charge in [-0.2, -0.15) is 0 Å². The zero-order chi connectivity index (χ0) is 17.6. The maximum atomic E-state index is 5.43. The molecule has 1 aliphatic heterocycles. The summed E-state index contributed by atoms with van der Waals surface area (Å²) >= 11 is 3.50. The van der Waals surface area contributed by atoms with Gasteiger partial charge in [-0.1, -0.05) is 28.1 Å². The van der Waals surface area contributed by atoms with Gasteiger partial charge in [-0.25, -0.2) is 0 Å². The Morgan fingerprint density at radius 2 is 2.00 bits per heavy atom. The van der Waals surface area contributed by atoms with Crippen LogP contribution in [0.25, 0.3) is 0 Å². The number of hydrogen-bond donors (Lipinski definition) is 2. The van der Waals surface area contributed by atoms with Gasteiger partial charge in [0.05, 0.1) is 19.8 Å². The molecule has 1 heterocycles. The molecule has 7 heteroatoms. The van der Waals surface area contributed by atoms with Crippen LogP contribution in [0.4, 0.5) is 0 Å². The SMILES string of the molecule is CCNC(=NCC(C)N1CCOCC1)NC1CC1c1ccc(Br)cc1.I. The van der Waals surface area contributed by atoms with E-state index in [1.54, 1.807) is 0 Å². The van der Waals surface area contributed by atoms with E-state index in [1.165, 1.54) is 12.0 Å². The molecular formula is C19H30BrIN4O. The van der Waals surface area contributed by atoms with Crippen molar-refractivity contribution >= 4 is 45.9 Å². The average Bonchev–Trinajstić information content (AvgIpc) is 3.40. The molecular weight excluding hydrogens is 507 g/mol. The van der Waals surface area contributed by atoms with Gasteiger partial charge in [0.15, 0.2) is 5.96 Å². The summed E-state index contributed by atoms with van der Waals surface area (Å²) in [5.41, 5.74) is 1.40. The number of nitrogens with zero attached hydrogens (tertiary/aromatic N) is 2. The highest BCUT2D eigenvalue weighted by Gasteiger charge is 2.38. The Kier molecular flexibility index (Phi) is 9.12. The summed E-state index contributed by atoms with van der Waals surface area (Å²) < 4.78 is 6.56. The number of nitrogens with one attached hydrogen (secondary N) is 2. The van der Waals surface area contributed by atoms with Crippen LogP contribution in [0.15, 0.2) is 33.7 Å². The molecule has 1 saturated carbocycles. The van der Waals surface area contributed by atoms with E-state index in [4.69, 9.17) is 9.73 Å². The second kappa shape index (κ2) is 10.8. The van der Waals surface area contributed by atoms with Crippen LogP contribution >= 0.6 is 39.9 Å². The predicted molar refractivity (Wildman–Crippen MR) is 122 cm³/mol. The fourth-order valence-electron chi connectivity index (χ4n) is 3.29. The third-order valence-electron chi connectivity index (χ3n) is 4.94. The van der Waals surface area contributed by atoms with Gasteiger partial charge in [-0.05, 0) is 38.0 Å². The van der Waals surface area contributed by atoms with Crippen LogP contribution < -0.4 is 10.6 Å². The van der Waals surface area contributed by atoms with Crippen LogP contribution in [-0.4, -0.2) is 62.3 Å². The van der Waals surface area contributed by atoms with Crippen molar-refractivity contribution < 1.29 is 4.74 Å². The number of rotatable bonds is 6. The average molecular weight is 537 g/mol. The molecule has 5 nitrogen and oxygen atoms in total. The number of morpholine rings is 1. The monoisotopic (exact) mass is 536 g/mol. The van der Waals surface area contributed by atoms with E-state index in [-0.39, 0.29) is 24.0 Å². The lowest BCUT2D eigenvalue weighted by molar-refractivity contribution is 0.0220. The second-order valence-electron chi connectivity index (χ2n) is 6.86. The zero-order valence-electron chi connectivity index (χ0n) is 15.6. The first kappa shape index (κ1) is 21.9. The standard InChI is InChI=1S/C19H29BrN4O.HI/c1-3-21-19(22-13-14(2)24-8-10-25-11-9-24)23-18-12-17(18)15-4-6-16(20)7-5-15;/h4-7,14,17-18H,3,8-13H2,1-2H3,(H2,21,22,23);1H. The molecule has 1 aromatic carbocycles. The maximum Gasteiger partial charge on any atom is 0.191 e. The Balaban J connectivity index is 0.00000243. The fourth-order valence-corrected chi connectivity index (χ4v) is 3.55. The minimum absolute atomic E-state index is 0. The number of guanidine groups is 1. The second-order valence-corrected chi connectivity index (χ2v) is 7.78. The number of aliphatic imine (C=N–C) groups is 1. The van der Waals surface area contributed by atoms with Gasteiger partial charge >= 0.3 is 0 Å². The Morgan fingerprint density at radius 3 is 2.65 bits per heavy atom. The molecule has 2 fully saturated rings. The molecule has 0 aromatic heterocycles. The molecule has 1 aliphatic carbocycles. The summed E-state index contributed by atoms with van der Waals surface area (Å²) in [6.07, 6.45) is 1.17. The first-order chi connectivity index (χ1) is 12.2. The molecule has 3 rings (SSSR count). The third-order valence-corrected chi connectivity index (χ3v) is 5.47. The Bertz CT molecular complexity index is 577. The van der Waals surface area contributed by atoms with Gasteiger partial charge in [0.25, 0.3) is 0 Å². The van der Waals surface area contributed by atoms with Crippen LogP contribution in [-0.2, 0) is 4.74 Å². The fraction of sp³-hybridized carbons (Fsp3) is 0.632. The summed E-state index contributed by atoms with van der Waals surface area (Å²) in [6.45, 7) is 9.75.